The fourth-order valence-electron chi connectivity index (χ4n) is 6.40. The van der Waals surface area contributed by atoms with Gasteiger partial charge in [0.15, 0.2) is 5.78 Å². The zero-order valence-corrected chi connectivity index (χ0v) is 20.3. The van der Waals surface area contributed by atoms with Gasteiger partial charge in [-0.2, -0.15) is 0 Å². The molecule has 2 bridgehead atoms. The zero-order valence-electron chi connectivity index (χ0n) is 20.3. The van der Waals surface area contributed by atoms with Crippen LogP contribution >= 0.6 is 0 Å². The third-order valence-corrected chi connectivity index (χ3v) is 8.12. The maximum absolute atomic E-state index is 13.4. The Bertz CT molecular complexity index is 1450. The highest BCUT2D eigenvalue weighted by Crippen LogP contribution is 2.44. The Morgan fingerprint density at radius 3 is 2.30 bits per heavy atom. The number of ketones is 1. The molecule has 2 aliphatic heterocycles. The highest BCUT2D eigenvalue weighted by atomic mass is 16.6. The summed E-state index contributed by atoms with van der Waals surface area (Å²) in [4.78, 5) is 32.9. The van der Waals surface area contributed by atoms with Gasteiger partial charge in [0.2, 0.25) is 0 Å². The number of carbonyl (C=O) groups excluding carboxylic acids is 2. The number of carbonyl (C=O) groups is 2. The predicted octanol–water partition coefficient (Wildman–Crippen LogP) is 4.95. The molecule has 0 saturated carbocycles. The van der Waals surface area contributed by atoms with E-state index >= 15 is 0 Å². The van der Waals surface area contributed by atoms with E-state index in [0.717, 1.165) is 5.65 Å². The molecule has 2 aromatic carbocycles. The molecule has 1 aliphatic carbocycles. The lowest BCUT2D eigenvalue weighted by Gasteiger charge is -2.47. The highest BCUT2D eigenvalue weighted by molar-refractivity contribution is 5.98. The van der Waals surface area contributed by atoms with Gasteiger partial charge in [0.05, 0.1) is 25.3 Å². The van der Waals surface area contributed by atoms with E-state index in [4.69, 9.17) is 9.47 Å². The first kappa shape index (κ1) is 22.2. The lowest BCUT2D eigenvalue weighted by Crippen LogP contribution is -2.60. The van der Waals surface area contributed by atoms with Crippen LogP contribution in [0.25, 0.3) is 16.8 Å². The van der Waals surface area contributed by atoms with E-state index in [2.05, 4.69) is 29.2 Å². The van der Waals surface area contributed by atoms with Crippen LogP contribution in [-0.2, 0) is 9.47 Å². The molecule has 2 aromatic heterocycles. The van der Waals surface area contributed by atoms with Crippen molar-refractivity contribution in [1.82, 2.24) is 14.3 Å². The molecule has 37 heavy (non-hydrogen) atoms. The van der Waals surface area contributed by atoms with Gasteiger partial charge in [0.1, 0.15) is 12.3 Å². The summed E-state index contributed by atoms with van der Waals surface area (Å²) in [5.74, 6) is -0.0346. The minimum Gasteiger partial charge on any atom is -0.448 e. The third-order valence-electron chi connectivity index (χ3n) is 8.12. The molecule has 2 unspecified atom stereocenters. The van der Waals surface area contributed by atoms with Crippen LogP contribution in [0.2, 0.25) is 0 Å². The second kappa shape index (κ2) is 8.85. The molecule has 7 rings (SSSR count). The molecule has 2 fully saturated rings. The number of pyridine rings is 1. The summed E-state index contributed by atoms with van der Waals surface area (Å²) < 4.78 is 13.7. The summed E-state index contributed by atoms with van der Waals surface area (Å²) in [6.07, 6.45) is 6.27. The molecule has 1 amide bonds. The molecule has 0 spiro atoms. The number of rotatable bonds is 4. The average molecular weight is 494 g/mol. The molecule has 0 N–H and O–H groups in total. The summed E-state index contributed by atoms with van der Waals surface area (Å²) in [6.45, 7) is 1.13. The third kappa shape index (κ3) is 3.73. The molecular formula is C30H27N3O4. The Morgan fingerprint density at radius 2 is 1.59 bits per heavy atom. The number of piperidine rings is 1. The number of amides is 1. The molecular weight excluding hydrogens is 466 g/mol. The van der Waals surface area contributed by atoms with Crippen molar-refractivity contribution in [3.63, 3.8) is 0 Å². The Hall–Kier alpha value is -3.97. The first-order chi connectivity index (χ1) is 18.2. The summed E-state index contributed by atoms with van der Waals surface area (Å²) in [5, 5.41) is 0. The van der Waals surface area contributed by atoms with Gasteiger partial charge in [-0.3, -0.25) is 9.69 Å². The van der Waals surface area contributed by atoms with Gasteiger partial charge < -0.3 is 13.9 Å². The van der Waals surface area contributed by atoms with Crippen molar-refractivity contribution >= 4 is 17.5 Å². The Labute approximate surface area is 214 Å². The second-order valence-electron chi connectivity index (χ2n) is 10.2. The first-order valence-electron chi connectivity index (χ1n) is 12.9. The van der Waals surface area contributed by atoms with Crippen molar-refractivity contribution in [2.75, 3.05) is 19.8 Å². The SMILES string of the molecule is O=C(c1ccn2ccnc2c1)C1CC2COCC(C1)N2C(=O)OCC1c2ccccc2-c2ccccc21. The standard InChI is InChI=1S/C30H27N3O4/c34-29(19-9-11-32-12-10-31-28(32)15-19)20-13-21-16-36-17-22(14-20)33(21)30(35)37-18-27-25-7-3-1-5-23(25)24-6-2-4-8-26(24)27/h1-12,15,20-22,27H,13-14,16-18H2. The smallest absolute Gasteiger partial charge is 0.410 e. The summed E-state index contributed by atoms with van der Waals surface area (Å²) in [7, 11) is 0. The molecule has 2 atom stereocenters. The van der Waals surface area contributed by atoms with Gasteiger partial charge in [-0.25, -0.2) is 9.78 Å². The molecule has 3 aliphatic rings. The number of ether oxygens (including phenoxy) is 2. The molecule has 7 nitrogen and oxygen atoms in total. The van der Waals surface area contributed by atoms with Gasteiger partial charge in [0, 0.05) is 36.0 Å². The van der Waals surface area contributed by atoms with Crippen LogP contribution in [0.1, 0.15) is 40.2 Å². The van der Waals surface area contributed by atoms with Crippen molar-refractivity contribution in [3.8, 4) is 11.1 Å². The maximum Gasteiger partial charge on any atom is 0.410 e. The summed E-state index contributed by atoms with van der Waals surface area (Å²) in [5.41, 5.74) is 6.22. The van der Waals surface area contributed by atoms with Gasteiger partial charge in [-0.05, 0) is 47.2 Å². The maximum atomic E-state index is 13.4. The van der Waals surface area contributed by atoms with Gasteiger partial charge in [0.25, 0.3) is 0 Å². The number of hydrogen-bond acceptors (Lipinski definition) is 5. The van der Waals surface area contributed by atoms with Crippen LogP contribution in [0, 0.1) is 5.92 Å². The molecule has 7 heteroatoms. The van der Waals surface area contributed by atoms with Crippen molar-refractivity contribution in [3.05, 3.63) is 95.9 Å². The lowest BCUT2D eigenvalue weighted by molar-refractivity contribution is -0.0747. The number of benzene rings is 2. The monoisotopic (exact) mass is 493 g/mol. The Balaban J connectivity index is 1.07. The molecule has 0 radical (unpaired) electrons. The topological polar surface area (TPSA) is 73.1 Å². The van der Waals surface area contributed by atoms with E-state index in [1.54, 1.807) is 6.20 Å². The van der Waals surface area contributed by atoms with Gasteiger partial charge >= 0.3 is 6.09 Å². The Morgan fingerprint density at radius 1 is 0.919 bits per heavy atom. The quantitative estimate of drug-likeness (QED) is 0.377. The van der Waals surface area contributed by atoms with Crippen molar-refractivity contribution in [2.24, 2.45) is 5.92 Å². The van der Waals surface area contributed by atoms with E-state index in [0.29, 0.717) is 31.6 Å². The van der Waals surface area contributed by atoms with Crippen LogP contribution < -0.4 is 0 Å². The van der Waals surface area contributed by atoms with Crippen molar-refractivity contribution in [2.45, 2.75) is 30.8 Å². The number of morpholine rings is 1. The minimum atomic E-state index is -0.315. The van der Waals surface area contributed by atoms with E-state index < -0.39 is 0 Å². The molecule has 186 valence electrons. The summed E-state index contributed by atoms with van der Waals surface area (Å²) >= 11 is 0. The highest BCUT2D eigenvalue weighted by Gasteiger charge is 2.45. The van der Waals surface area contributed by atoms with Crippen LogP contribution in [0.15, 0.2) is 79.3 Å². The number of aromatic nitrogens is 2. The Kier molecular flexibility index (Phi) is 5.32. The lowest BCUT2D eigenvalue weighted by atomic mass is 9.81. The fraction of sp³-hybridized carbons (Fsp3) is 0.300. The van der Waals surface area contributed by atoms with Crippen molar-refractivity contribution in [1.29, 1.82) is 0 Å². The van der Waals surface area contributed by atoms with Crippen LogP contribution in [0.5, 0.6) is 0 Å². The average Bonchev–Trinajstić information content (AvgIpc) is 3.53. The fourth-order valence-corrected chi connectivity index (χ4v) is 6.40. The van der Waals surface area contributed by atoms with E-state index in [1.807, 2.05) is 58.1 Å². The molecule has 4 heterocycles. The van der Waals surface area contributed by atoms with Gasteiger partial charge in [-0.1, -0.05) is 48.5 Å². The minimum absolute atomic E-state index is 0.0177. The molecule has 4 aromatic rings. The van der Waals surface area contributed by atoms with E-state index in [1.165, 1.54) is 22.3 Å². The van der Waals surface area contributed by atoms with Crippen molar-refractivity contribution < 1.29 is 19.1 Å². The van der Waals surface area contributed by atoms with Crippen LogP contribution in [0.3, 0.4) is 0 Å². The zero-order chi connectivity index (χ0) is 24.9. The van der Waals surface area contributed by atoms with E-state index in [-0.39, 0.29) is 42.4 Å². The molecule has 2 saturated heterocycles. The van der Waals surface area contributed by atoms with Gasteiger partial charge in [-0.15, -0.1) is 0 Å². The van der Waals surface area contributed by atoms with Crippen LogP contribution in [-0.4, -0.2) is 58.1 Å². The normalized spacial score (nSPS) is 22.5. The van der Waals surface area contributed by atoms with E-state index in [9.17, 15) is 9.59 Å². The number of fused-ring (bicyclic) bond motifs is 6. The number of imidazole rings is 1. The summed E-state index contributed by atoms with van der Waals surface area (Å²) in [6, 6.07) is 20.0. The second-order valence-corrected chi connectivity index (χ2v) is 10.2. The first-order valence-corrected chi connectivity index (χ1v) is 12.9. The van der Waals surface area contributed by atoms with Crippen LogP contribution in [0.4, 0.5) is 4.79 Å². The number of nitrogens with zero attached hydrogens (tertiary/aromatic N) is 3. The largest absolute Gasteiger partial charge is 0.448 e. The number of Topliss-reactive ketones (excluding diaryl/α,β-unsaturated/α-hetero) is 1. The number of hydrogen-bond donors (Lipinski definition) is 0. The predicted molar refractivity (Wildman–Crippen MR) is 138 cm³/mol.